The van der Waals surface area contributed by atoms with Crippen LogP contribution in [0.25, 0.3) is 0 Å². The van der Waals surface area contributed by atoms with E-state index in [0.717, 1.165) is 61.6 Å². The van der Waals surface area contributed by atoms with Crippen molar-refractivity contribution in [2.24, 2.45) is 12.5 Å². The molecule has 1 fully saturated rings. The number of aromatic nitrogens is 4. The molecule has 0 radical (unpaired) electrons. The minimum Gasteiger partial charge on any atom is -0.388 e. The molecule has 3 N–H and O–H groups in total. The van der Waals surface area contributed by atoms with E-state index in [-0.39, 0.29) is 22.9 Å². The molecule has 0 saturated carbocycles. The fraction of sp³-hybridized carbons (Fsp3) is 0.556. The molecular weight excluding hydrogens is 516 g/mol. The second kappa shape index (κ2) is 9.76. The molecule has 3 aliphatic rings. The topological polar surface area (TPSA) is 121 Å². The summed E-state index contributed by atoms with van der Waals surface area (Å²) in [6, 6.07) is 5.58. The lowest BCUT2D eigenvalue weighted by atomic mass is 9.88. The third-order valence-electron chi connectivity index (χ3n) is 8.10. The van der Waals surface area contributed by atoms with Crippen LogP contribution in [0.4, 0.5) is 17.3 Å². The van der Waals surface area contributed by atoms with Crippen LogP contribution in [0.2, 0.25) is 0 Å². The highest BCUT2D eigenvalue weighted by Crippen LogP contribution is 2.48. The molecule has 3 aromatic rings. The van der Waals surface area contributed by atoms with Gasteiger partial charge in [0, 0.05) is 56.3 Å². The number of carbonyl (C=O) groups is 1. The van der Waals surface area contributed by atoms with Crippen LogP contribution in [0.3, 0.4) is 0 Å². The van der Waals surface area contributed by atoms with E-state index in [1.807, 2.05) is 16.8 Å². The molecule has 208 valence electrons. The Balaban J connectivity index is 1.15. The molecule has 39 heavy (non-hydrogen) atoms. The van der Waals surface area contributed by atoms with E-state index < -0.39 is 6.10 Å². The molecule has 11 nitrogen and oxygen atoms in total. The van der Waals surface area contributed by atoms with Gasteiger partial charge in [-0.1, -0.05) is 13.8 Å². The summed E-state index contributed by atoms with van der Waals surface area (Å²) in [7, 11) is 3.74. The lowest BCUT2D eigenvalue weighted by Gasteiger charge is -2.34. The second-order valence-electron chi connectivity index (χ2n) is 11.8. The third-order valence-corrected chi connectivity index (χ3v) is 9.25. The average molecular weight is 553 g/mol. The molecule has 2 aliphatic heterocycles. The normalized spacial score (nSPS) is 22.4. The number of amides is 1. The van der Waals surface area contributed by atoms with E-state index in [2.05, 4.69) is 51.5 Å². The molecule has 0 bridgehead atoms. The van der Waals surface area contributed by atoms with E-state index in [0.29, 0.717) is 28.7 Å². The summed E-state index contributed by atoms with van der Waals surface area (Å²) in [6.45, 7) is 8.07. The summed E-state index contributed by atoms with van der Waals surface area (Å²) >= 11 is 1.48. The lowest BCUT2D eigenvalue weighted by molar-refractivity contribution is 0.0665. The first-order valence-corrected chi connectivity index (χ1v) is 14.4. The number of nitrogens with one attached hydrogen (secondary N) is 2. The van der Waals surface area contributed by atoms with Crippen LogP contribution in [0.15, 0.2) is 23.0 Å². The van der Waals surface area contributed by atoms with Gasteiger partial charge < -0.3 is 20.6 Å². The first-order chi connectivity index (χ1) is 18.6. The Kier molecular flexibility index (Phi) is 6.51. The largest absolute Gasteiger partial charge is 0.388 e. The highest BCUT2D eigenvalue weighted by Gasteiger charge is 2.40. The summed E-state index contributed by atoms with van der Waals surface area (Å²) in [5, 5.41) is 26.2. The van der Waals surface area contributed by atoms with Gasteiger partial charge in [-0.2, -0.15) is 10.2 Å². The fourth-order valence-electron chi connectivity index (χ4n) is 5.85. The summed E-state index contributed by atoms with van der Waals surface area (Å²) in [5.74, 6) is 1.23. The lowest BCUT2D eigenvalue weighted by Crippen LogP contribution is -2.48. The summed E-state index contributed by atoms with van der Waals surface area (Å²) in [5.41, 5.74) is 2.01. The van der Waals surface area contributed by atoms with Crippen LogP contribution >= 0.6 is 11.3 Å². The third kappa shape index (κ3) is 4.96. The van der Waals surface area contributed by atoms with Crippen LogP contribution < -0.4 is 21.1 Å². The smallest absolute Gasteiger partial charge is 0.290 e. The maximum Gasteiger partial charge on any atom is 0.290 e. The number of likely N-dealkylation sites (N-methyl/N-ethyl adjacent to an activating group) is 1. The van der Waals surface area contributed by atoms with E-state index in [9.17, 15) is 14.7 Å². The Morgan fingerprint density at radius 3 is 2.77 bits per heavy atom. The van der Waals surface area contributed by atoms with Crippen molar-refractivity contribution in [3.63, 3.8) is 0 Å². The summed E-state index contributed by atoms with van der Waals surface area (Å²) in [6.07, 6.45) is 2.01. The Morgan fingerprint density at radius 1 is 1.15 bits per heavy atom. The minimum atomic E-state index is -0.539. The summed E-state index contributed by atoms with van der Waals surface area (Å²) in [4.78, 5) is 32.1. The number of thiophene rings is 1. The number of aliphatic hydroxyl groups excluding tert-OH is 1. The van der Waals surface area contributed by atoms with Crippen LogP contribution in [0, 0.1) is 5.41 Å². The van der Waals surface area contributed by atoms with Crippen molar-refractivity contribution in [3.05, 3.63) is 49.6 Å². The molecule has 1 amide bonds. The van der Waals surface area contributed by atoms with E-state index >= 15 is 0 Å². The highest BCUT2D eigenvalue weighted by atomic mass is 32.1. The van der Waals surface area contributed by atoms with Gasteiger partial charge in [-0.15, -0.1) is 11.3 Å². The van der Waals surface area contributed by atoms with Crippen molar-refractivity contribution in [3.8, 4) is 0 Å². The molecule has 0 unspecified atom stereocenters. The number of hydrogen-bond acceptors (Lipinski definition) is 9. The fourth-order valence-corrected chi connectivity index (χ4v) is 7.18. The van der Waals surface area contributed by atoms with Crippen LogP contribution in [0.5, 0.6) is 0 Å². The standard InChI is InChI=1S/C27H36N8O3S/c1-27(2)13-21-18(24(27)36)11-20(39-21)25(37)28-16-6-5-7-34(14-16)23-12-19(26(38)33(4)31-23)29-22-10-17-15-32(3)8-9-35(17)30-22/h10-12,16,24,36H,5-9,13-15H2,1-4H3,(H,28,37)(H,29,30)/t16-,24-/m1/s1. The van der Waals surface area contributed by atoms with Gasteiger partial charge in [0.1, 0.15) is 5.69 Å². The Hall–Kier alpha value is -3.22. The van der Waals surface area contributed by atoms with E-state index in [4.69, 9.17) is 0 Å². The van der Waals surface area contributed by atoms with Crippen molar-refractivity contribution in [1.29, 1.82) is 0 Å². The van der Waals surface area contributed by atoms with E-state index in [1.54, 1.807) is 13.1 Å². The molecular formula is C27H36N8O3S. The molecule has 5 heterocycles. The van der Waals surface area contributed by atoms with Crippen molar-refractivity contribution >= 4 is 34.6 Å². The zero-order chi connectivity index (χ0) is 27.5. The molecule has 2 atom stereocenters. The predicted molar refractivity (Wildman–Crippen MR) is 151 cm³/mol. The van der Waals surface area contributed by atoms with Crippen molar-refractivity contribution < 1.29 is 9.90 Å². The molecule has 0 aromatic carbocycles. The monoisotopic (exact) mass is 552 g/mol. The number of rotatable bonds is 5. The number of aryl methyl sites for hydroxylation is 1. The van der Waals surface area contributed by atoms with Crippen molar-refractivity contribution in [1.82, 2.24) is 29.8 Å². The zero-order valence-electron chi connectivity index (χ0n) is 22.9. The van der Waals surface area contributed by atoms with Gasteiger partial charge in [0.25, 0.3) is 11.5 Å². The van der Waals surface area contributed by atoms with Crippen molar-refractivity contribution in [2.45, 2.75) is 58.3 Å². The Morgan fingerprint density at radius 2 is 1.97 bits per heavy atom. The van der Waals surface area contributed by atoms with E-state index in [1.165, 1.54) is 16.0 Å². The van der Waals surface area contributed by atoms with Gasteiger partial charge in [-0.05, 0) is 43.4 Å². The molecule has 0 spiro atoms. The van der Waals surface area contributed by atoms with Gasteiger partial charge in [0.05, 0.1) is 23.2 Å². The zero-order valence-corrected chi connectivity index (χ0v) is 23.7. The van der Waals surface area contributed by atoms with Crippen LogP contribution in [0.1, 0.15) is 58.6 Å². The molecule has 1 saturated heterocycles. The maximum absolute atomic E-state index is 13.1. The number of nitrogens with zero attached hydrogens (tertiary/aromatic N) is 6. The Bertz CT molecular complexity index is 1470. The average Bonchev–Trinajstić information content (AvgIpc) is 3.54. The predicted octanol–water partition coefficient (Wildman–Crippen LogP) is 2.24. The number of piperidine rings is 1. The quantitative estimate of drug-likeness (QED) is 0.441. The number of hydrogen-bond donors (Lipinski definition) is 3. The molecule has 1 aliphatic carbocycles. The first kappa shape index (κ1) is 26.0. The molecule has 12 heteroatoms. The SMILES string of the molecule is CN1CCn2nc(Nc3cc(N4CCC[C@@H](NC(=O)c5cc6c(s5)CC(C)(C)[C@@H]6O)C4)nn(C)c3=O)cc2C1. The maximum atomic E-state index is 13.1. The first-order valence-electron chi connectivity index (χ1n) is 13.5. The van der Waals surface area contributed by atoms with Gasteiger partial charge in [-0.3, -0.25) is 19.2 Å². The van der Waals surface area contributed by atoms with Crippen molar-refractivity contribution in [2.75, 3.05) is 36.9 Å². The Labute approximate surface area is 231 Å². The molecule has 6 rings (SSSR count). The van der Waals surface area contributed by atoms with Gasteiger partial charge >= 0.3 is 0 Å². The second-order valence-corrected chi connectivity index (χ2v) is 12.9. The number of aliphatic hydroxyl groups is 1. The van der Waals surface area contributed by atoms with Gasteiger partial charge in [0.15, 0.2) is 11.6 Å². The summed E-state index contributed by atoms with van der Waals surface area (Å²) < 4.78 is 3.33. The number of fused-ring (bicyclic) bond motifs is 2. The van der Waals surface area contributed by atoms with Gasteiger partial charge in [0.2, 0.25) is 0 Å². The number of carbonyl (C=O) groups excluding carboxylic acids is 1. The number of anilines is 3. The minimum absolute atomic E-state index is 0.0446. The van der Waals surface area contributed by atoms with Gasteiger partial charge in [-0.25, -0.2) is 4.68 Å². The van der Waals surface area contributed by atoms with Crippen LogP contribution in [-0.4, -0.2) is 68.2 Å². The van der Waals surface area contributed by atoms with Crippen LogP contribution in [-0.2, 0) is 26.6 Å². The highest BCUT2D eigenvalue weighted by molar-refractivity contribution is 7.14. The molecule has 3 aromatic heterocycles.